The van der Waals surface area contributed by atoms with Crippen LogP contribution in [0, 0.1) is 18.8 Å². The third-order valence-electron chi connectivity index (χ3n) is 6.16. The van der Waals surface area contributed by atoms with Crippen LogP contribution in [0.25, 0.3) is 0 Å². The fourth-order valence-electron chi connectivity index (χ4n) is 4.28. The third kappa shape index (κ3) is 3.74. The van der Waals surface area contributed by atoms with Crippen LogP contribution in [0.4, 0.5) is 5.69 Å². The van der Waals surface area contributed by atoms with Gasteiger partial charge < -0.3 is 19.7 Å². The SMILES string of the molecule is Cc1ccc(C(NC(=O)C2CC(=O)N(c3ccc4c(c3)OCCO4)C2)C2CC2)cc1. The van der Waals surface area contributed by atoms with Crippen LogP contribution in [0.3, 0.4) is 0 Å². The molecule has 2 amide bonds. The number of fused-ring (bicyclic) bond motifs is 1. The van der Waals surface area contributed by atoms with E-state index in [2.05, 4.69) is 36.5 Å². The molecule has 2 fully saturated rings. The summed E-state index contributed by atoms with van der Waals surface area (Å²) in [4.78, 5) is 27.4. The predicted molar refractivity (Wildman–Crippen MR) is 113 cm³/mol. The number of aryl methyl sites for hydroxylation is 1. The van der Waals surface area contributed by atoms with E-state index in [1.165, 1.54) is 5.56 Å². The van der Waals surface area contributed by atoms with Crippen molar-refractivity contribution in [3.05, 3.63) is 53.6 Å². The van der Waals surface area contributed by atoms with Crippen molar-refractivity contribution in [2.75, 3.05) is 24.7 Å². The highest BCUT2D eigenvalue weighted by Crippen LogP contribution is 2.41. The highest BCUT2D eigenvalue weighted by Gasteiger charge is 2.39. The van der Waals surface area contributed by atoms with Crippen molar-refractivity contribution in [3.63, 3.8) is 0 Å². The fourth-order valence-corrected chi connectivity index (χ4v) is 4.28. The number of carbonyl (C=O) groups excluding carboxylic acids is 2. The van der Waals surface area contributed by atoms with E-state index in [4.69, 9.17) is 9.47 Å². The number of ether oxygens (including phenoxy) is 2. The largest absolute Gasteiger partial charge is 0.486 e. The number of hydrogen-bond acceptors (Lipinski definition) is 4. The van der Waals surface area contributed by atoms with Gasteiger partial charge in [-0.15, -0.1) is 0 Å². The average Bonchev–Trinajstić information content (AvgIpc) is 3.53. The van der Waals surface area contributed by atoms with Crippen LogP contribution in [0.15, 0.2) is 42.5 Å². The predicted octanol–water partition coefficient (Wildman–Crippen LogP) is 3.39. The Kier molecular flexibility index (Phi) is 4.85. The monoisotopic (exact) mass is 406 g/mol. The lowest BCUT2D eigenvalue weighted by Gasteiger charge is -2.23. The summed E-state index contributed by atoms with van der Waals surface area (Å²) in [5.41, 5.74) is 3.09. The maximum absolute atomic E-state index is 13.0. The molecule has 30 heavy (non-hydrogen) atoms. The van der Waals surface area contributed by atoms with Crippen molar-refractivity contribution >= 4 is 17.5 Å². The van der Waals surface area contributed by atoms with Gasteiger partial charge in [-0.05, 0) is 43.4 Å². The van der Waals surface area contributed by atoms with E-state index in [1.54, 1.807) is 4.90 Å². The molecule has 1 N–H and O–H groups in total. The van der Waals surface area contributed by atoms with Crippen LogP contribution in [0.5, 0.6) is 11.5 Å². The van der Waals surface area contributed by atoms with Crippen molar-refractivity contribution in [2.45, 2.75) is 32.2 Å². The number of nitrogens with one attached hydrogen (secondary N) is 1. The van der Waals surface area contributed by atoms with Crippen molar-refractivity contribution in [3.8, 4) is 11.5 Å². The van der Waals surface area contributed by atoms with Crippen LogP contribution in [0.1, 0.15) is 36.4 Å². The fraction of sp³-hybridized carbons (Fsp3) is 0.417. The van der Waals surface area contributed by atoms with Gasteiger partial charge in [-0.1, -0.05) is 29.8 Å². The van der Waals surface area contributed by atoms with Gasteiger partial charge in [0.05, 0.1) is 12.0 Å². The Balaban J connectivity index is 1.29. The maximum Gasteiger partial charge on any atom is 0.227 e. The zero-order valence-corrected chi connectivity index (χ0v) is 17.1. The lowest BCUT2D eigenvalue weighted by molar-refractivity contribution is -0.127. The normalized spacial score (nSPS) is 21.4. The Bertz CT molecular complexity index is 968. The Morgan fingerprint density at radius 3 is 2.53 bits per heavy atom. The molecule has 6 nitrogen and oxygen atoms in total. The molecular formula is C24H26N2O4. The minimum atomic E-state index is -0.350. The molecule has 1 saturated carbocycles. The van der Waals surface area contributed by atoms with Crippen LogP contribution < -0.4 is 19.7 Å². The molecule has 2 unspecified atom stereocenters. The van der Waals surface area contributed by atoms with Gasteiger partial charge in [0.1, 0.15) is 13.2 Å². The second-order valence-corrected chi connectivity index (χ2v) is 8.47. The second kappa shape index (κ2) is 7.67. The van der Waals surface area contributed by atoms with Crippen LogP contribution in [0.2, 0.25) is 0 Å². The average molecular weight is 406 g/mol. The molecule has 5 rings (SSSR count). The van der Waals surface area contributed by atoms with Gasteiger partial charge in [-0.2, -0.15) is 0 Å². The Labute approximate surface area is 176 Å². The second-order valence-electron chi connectivity index (χ2n) is 8.47. The molecule has 156 valence electrons. The molecule has 2 aromatic carbocycles. The summed E-state index contributed by atoms with van der Waals surface area (Å²) in [7, 11) is 0. The third-order valence-corrected chi connectivity index (χ3v) is 6.16. The Morgan fingerprint density at radius 2 is 1.80 bits per heavy atom. The molecule has 6 heteroatoms. The molecule has 2 aliphatic heterocycles. The smallest absolute Gasteiger partial charge is 0.227 e. The van der Waals surface area contributed by atoms with Crippen LogP contribution >= 0.6 is 0 Å². The van der Waals surface area contributed by atoms with Crippen LogP contribution in [-0.4, -0.2) is 31.6 Å². The maximum atomic E-state index is 13.0. The summed E-state index contributed by atoms with van der Waals surface area (Å²) < 4.78 is 11.2. The molecule has 0 spiro atoms. The van der Waals surface area contributed by atoms with Crippen molar-refractivity contribution in [1.82, 2.24) is 5.32 Å². The van der Waals surface area contributed by atoms with Gasteiger partial charge >= 0.3 is 0 Å². The first-order valence-electron chi connectivity index (χ1n) is 10.7. The highest BCUT2D eigenvalue weighted by atomic mass is 16.6. The van der Waals surface area contributed by atoms with E-state index in [1.807, 2.05) is 18.2 Å². The van der Waals surface area contributed by atoms with E-state index in [0.29, 0.717) is 37.2 Å². The summed E-state index contributed by atoms with van der Waals surface area (Å²) in [6, 6.07) is 13.9. The summed E-state index contributed by atoms with van der Waals surface area (Å²) in [5, 5.41) is 3.24. The zero-order chi connectivity index (χ0) is 20.7. The number of anilines is 1. The van der Waals surface area contributed by atoms with Crippen molar-refractivity contribution < 1.29 is 19.1 Å². The molecule has 0 radical (unpaired) electrons. The molecule has 0 aromatic heterocycles. The molecular weight excluding hydrogens is 380 g/mol. The molecule has 2 heterocycles. The number of amides is 2. The summed E-state index contributed by atoms with van der Waals surface area (Å²) in [5.74, 6) is 1.40. The van der Waals surface area contributed by atoms with E-state index in [-0.39, 0.29) is 30.2 Å². The minimum Gasteiger partial charge on any atom is -0.486 e. The first kappa shape index (κ1) is 19.0. The van der Waals surface area contributed by atoms with Gasteiger partial charge in [0.15, 0.2) is 11.5 Å². The summed E-state index contributed by atoms with van der Waals surface area (Å²) >= 11 is 0. The molecule has 2 aromatic rings. The van der Waals surface area contributed by atoms with Crippen LogP contribution in [-0.2, 0) is 9.59 Å². The highest BCUT2D eigenvalue weighted by molar-refractivity contribution is 6.00. The van der Waals surface area contributed by atoms with Gasteiger partial charge in [0.2, 0.25) is 11.8 Å². The van der Waals surface area contributed by atoms with Gasteiger partial charge in [-0.3, -0.25) is 9.59 Å². The molecule has 3 aliphatic rings. The first-order valence-corrected chi connectivity index (χ1v) is 10.7. The number of nitrogens with zero attached hydrogens (tertiary/aromatic N) is 1. The topological polar surface area (TPSA) is 67.9 Å². The summed E-state index contributed by atoms with van der Waals surface area (Å²) in [6.45, 7) is 3.47. The van der Waals surface area contributed by atoms with Crippen molar-refractivity contribution in [2.24, 2.45) is 11.8 Å². The lowest BCUT2D eigenvalue weighted by Crippen LogP contribution is -2.36. The van der Waals surface area contributed by atoms with E-state index >= 15 is 0 Å². The molecule has 1 aliphatic carbocycles. The Morgan fingerprint density at radius 1 is 1.07 bits per heavy atom. The van der Waals surface area contributed by atoms with E-state index in [0.717, 1.165) is 24.1 Å². The number of hydrogen-bond donors (Lipinski definition) is 1. The number of carbonyl (C=O) groups is 2. The van der Waals surface area contributed by atoms with E-state index < -0.39 is 0 Å². The van der Waals surface area contributed by atoms with Crippen molar-refractivity contribution in [1.29, 1.82) is 0 Å². The van der Waals surface area contributed by atoms with Gasteiger partial charge in [0.25, 0.3) is 0 Å². The summed E-state index contributed by atoms with van der Waals surface area (Å²) in [6.07, 6.45) is 2.49. The number of benzene rings is 2. The molecule has 1 saturated heterocycles. The lowest BCUT2D eigenvalue weighted by atomic mass is 9.99. The molecule has 0 bridgehead atoms. The standard InChI is InChI=1S/C24H26N2O4/c1-15-2-4-16(5-3-15)23(17-6-7-17)25-24(28)18-12-22(27)26(14-18)19-8-9-20-21(13-19)30-11-10-29-20/h2-5,8-9,13,17-18,23H,6-7,10-12,14H2,1H3,(H,25,28). The van der Waals surface area contributed by atoms with Gasteiger partial charge in [0, 0.05) is 24.7 Å². The Hall–Kier alpha value is -3.02. The first-order chi connectivity index (χ1) is 14.6. The quantitative estimate of drug-likeness (QED) is 0.827. The van der Waals surface area contributed by atoms with Gasteiger partial charge in [-0.25, -0.2) is 0 Å². The number of rotatable bonds is 5. The zero-order valence-electron chi connectivity index (χ0n) is 17.1. The molecule has 2 atom stereocenters. The minimum absolute atomic E-state index is 0.0246. The van der Waals surface area contributed by atoms with E-state index in [9.17, 15) is 9.59 Å².